The van der Waals surface area contributed by atoms with Crippen LogP contribution in [0.3, 0.4) is 0 Å². The topological polar surface area (TPSA) is 24.1 Å². The lowest BCUT2D eigenvalue weighted by Gasteiger charge is -2.17. The third-order valence-electron chi connectivity index (χ3n) is 2.99. The van der Waals surface area contributed by atoms with Crippen LogP contribution in [0.15, 0.2) is 11.8 Å². The number of hydrogen-bond acceptors (Lipinski definition) is 2. The van der Waals surface area contributed by atoms with Gasteiger partial charge < -0.3 is 5.43 Å². The summed E-state index contributed by atoms with van der Waals surface area (Å²) in [6, 6.07) is 0.539. The molecule has 0 aliphatic carbocycles. The first-order valence-corrected chi connectivity index (χ1v) is 5.94. The molecule has 0 aromatic rings. The first-order valence-electron chi connectivity index (χ1n) is 5.94. The highest BCUT2D eigenvalue weighted by Gasteiger charge is 2.18. The molecule has 2 nitrogen and oxygen atoms in total. The summed E-state index contributed by atoms with van der Waals surface area (Å²) in [5, 5.41) is 0. The Morgan fingerprint density at radius 3 is 2.71 bits per heavy atom. The Morgan fingerprint density at radius 2 is 2.14 bits per heavy atom. The van der Waals surface area contributed by atoms with Gasteiger partial charge >= 0.3 is 0 Å². The minimum atomic E-state index is 0.539. The molecule has 1 aliphatic heterocycles. The molecule has 0 bridgehead atoms. The van der Waals surface area contributed by atoms with Crippen molar-refractivity contribution in [1.82, 2.24) is 10.9 Å². The van der Waals surface area contributed by atoms with E-state index in [4.69, 9.17) is 0 Å². The van der Waals surface area contributed by atoms with Gasteiger partial charge in [-0.1, -0.05) is 39.5 Å². The van der Waals surface area contributed by atoms with Gasteiger partial charge in [-0.15, -0.1) is 0 Å². The Balaban J connectivity index is 2.12. The van der Waals surface area contributed by atoms with Crippen molar-refractivity contribution in [1.29, 1.82) is 0 Å². The van der Waals surface area contributed by atoms with E-state index in [1.54, 1.807) is 0 Å². The van der Waals surface area contributed by atoms with E-state index in [9.17, 15) is 0 Å². The molecule has 0 aromatic carbocycles. The lowest BCUT2D eigenvalue weighted by molar-refractivity contribution is 0.393. The van der Waals surface area contributed by atoms with Crippen LogP contribution < -0.4 is 10.9 Å². The highest BCUT2D eigenvalue weighted by Crippen LogP contribution is 2.17. The van der Waals surface area contributed by atoms with Crippen LogP contribution in [0.25, 0.3) is 0 Å². The van der Waals surface area contributed by atoms with E-state index >= 15 is 0 Å². The van der Waals surface area contributed by atoms with E-state index in [2.05, 4.69) is 37.7 Å². The Morgan fingerprint density at radius 1 is 1.36 bits per heavy atom. The molecular formula is C12H24N2. The maximum absolute atomic E-state index is 3.30. The molecule has 1 rings (SSSR count). The average Bonchev–Trinajstić information content (AvgIpc) is 2.59. The standard InChI is InChI=1S/C12H24N2/c1-4-5-6-7-8-10(2)12-9-11(3)13-14-12/h9-10,12-14H,4-8H2,1-3H3. The van der Waals surface area contributed by atoms with Crippen LogP contribution in [0.4, 0.5) is 0 Å². The molecule has 1 heterocycles. The normalized spacial score (nSPS) is 23.1. The van der Waals surface area contributed by atoms with Gasteiger partial charge in [-0.05, 0) is 25.3 Å². The van der Waals surface area contributed by atoms with Crippen LogP contribution in [0.5, 0.6) is 0 Å². The molecule has 0 amide bonds. The van der Waals surface area contributed by atoms with Gasteiger partial charge in [-0.2, -0.15) is 0 Å². The largest absolute Gasteiger partial charge is 0.326 e. The van der Waals surface area contributed by atoms with Gasteiger partial charge in [0.2, 0.25) is 0 Å². The van der Waals surface area contributed by atoms with E-state index in [-0.39, 0.29) is 0 Å². The molecule has 0 saturated carbocycles. The average molecular weight is 196 g/mol. The summed E-state index contributed by atoms with van der Waals surface area (Å²) >= 11 is 0. The van der Waals surface area contributed by atoms with Gasteiger partial charge in [0.05, 0.1) is 0 Å². The van der Waals surface area contributed by atoms with Gasteiger partial charge in [-0.25, -0.2) is 5.43 Å². The Labute approximate surface area is 88.1 Å². The summed E-state index contributed by atoms with van der Waals surface area (Å²) in [5.74, 6) is 0.747. The van der Waals surface area contributed by atoms with Crippen molar-refractivity contribution in [3.8, 4) is 0 Å². The third-order valence-corrected chi connectivity index (χ3v) is 2.99. The molecular weight excluding hydrogens is 172 g/mol. The van der Waals surface area contributed by atoms with Crippen LogP contribution in [-0.2, 0) is 0 Å². The first-order chi connectivity index (χ1) is 6.74. The highest BCUT2D eigenvalue weighted by atomic mass is 15.4. The van der Waals surface area contributed by atoms with Crippen LogP contribution >= 0.6 is 0 Å². The minimum Gasteiger partial charge on any atom is -0.326 e. The van der Waals surface area contributed by atoms with E-state index in [0.29, 0.717) is 6.04 Å². The quantitative estimate of drug-likeness (QED) is 0.638. The maximum atomic E-state index is 3.30. The van der Waals surface area contributed by atoms with Crippen LogP contribution in [-0.4, -0.2) is 6.04 Å². The lowest BCUT2D eigenvalue weighted by atomic mass is 9.95. The minimum absolute atomic E-state index is 0.539. The number of unbranched alkanes of at least 4 members (excludes halogenated alkanes) is 3. The number of allylic oxidation sites excluding steroid dienone is 1. The number of hydrazine groups is 1. The molecule has 2 heteroatoms. The molecule has 0 aromatic heterocycles. The van der Waals surface area contributed by atoms with Crippen LogP contribution in [0.2, 0.25) is 0 Å². The van der Waals surface area contributed by atoms with Crippen molar-refractivity contribution in [2.75, 3.05) is 0 Å². The molecule has 0 radical (unpaired) electrons. The van der Waals surface area contributed by atoms with Gasteiger partial charge in [0.25, 0.3) is 0 Å². The van der Waals surface area contributed by atoms with Crippen molar-refractivity contribution >= 4 is 0 Å². The zero-order valence-electron chi connectivity index (χ0n) is 9.77. The zero-order chi connectivity index (χ0) is 10.4. The second-order valence-corrected chi connectivity index (χ2v) is 4.47. The molecule has 1 aliphatic rings. The van der Waals surface area contributed by atoms with E-state index < -0.39 is 0 Å². The summed E-state index contributed by atoms with van der Waals surface area (Å²) in [4.78, 5) is 0. The molecule has 2 unspecified atom stereocenters. The highest BCUT2D eigenvalue weighted by molar-refractivity contribution is 5.08. The summed E-state index contributed by atoms with van der Waals surface area (Å²) in [5.41, 5.74) is 7.73. The van der Waals surface area contributed by atoms with E-state index in [0.717, 1.165) is 5.92 Å². The molecule has 14 heavy (non-hydrogen) atoms. The molecule has 0 saturated heterocycles. The summed E-state index contributed by atoms with van der Waals surface area (Å²) in [7, 11) is 0. The summed E-state index contributed by atoms with van der Waals surface area (Å²) < 4.78 is 0. The maximum Gasteiger partial charge on any atom is 0.0485 e. The fourth-order valence-corrected chi connectivity index (χ4v) is 1.93. The van der Waals surface area contributed by atoms with Gasteiger partial charge in [0.1, 0.15) is 0 Å². The third kappa shape index (κ3) is 3.70. The van der Waals surface area contributed by atoms with Crippen molar-refractivity contribution in [3.05, 3.63) is 11.8 Å². The second kappa shape index (κ2) is 6.07. The number of rotatable bonds is 6. The predicted octanol–water partition coefficient (Wildman–Crippen LogP) is 2.97. The summed E-state index contributed by atoms with van der Waals surface area (Å²) in [6.45, 7) is 6.70. The van der Waals surface area contributed by atoms with Crippen molar-refractivity contribution in [2.45, 2.75) is 58.9 Å². The molecule has 0 spiro atoms. The molecule has 82 valence electrons. The van der Waals surface area contributed by atoms with E-state index in [1.165, 1.54) is 37.8 Å². The SMILES string of the molecule is CCCCCCC(C)C1C=C(C)NN1. The Kier molecular flexibility index (Phi) is 5.02. The van der Waals surface area contributed by atoms with Crippen molar-refractivity contribution in [2.24, 2.45) is 5.92 Å². The molecule has 0 fully saturated rings. The zero-order valence-corrected chi connectivity index (χ0v) is 9.77. The second-order valence-electron chi connectivity index (χ2n) is 4.47. The number of hydrogen-bond donors (Lipinski definition) is 2. The van der Waals surface area contributed by atoms with Gasteiger partial charge in [-0.3, -0.25) is 0 Å². The van der Waals surface area contributed by atoms with Crippen molar-refractivity contribution in [3.63, 3.8) is 0 Å². The Hall–Kier alpha value is -0.500. The number of nitrogens with one attached hydrogen (secondary N) is 2. The van der Waals surface area contributed by atoms with Crippen LogP contribution in [0.1, 0.15) is 52.9 Å². The molecule has 2 N–H and O–H groups in total. The smallest absolute Gasteiger partial charge is 0.0485 e. The van der Waals surface area contributed by atoms with E-state index in [1.807, 2.05) is 0 Å². The fourth-order valence-electron chi connectivity index (χ4n) is 1.93. The molecule has 2 atom stereocenters. The monoisotopic (exact) mass is 196 g/mol. The Bertz CT molecular complexity index is 187. The van der Waals surface area contributed by atoms with Gasteiger partial charge in [0, 0.05) is 11.7 Å². The van der Waals surface area contributed by atoms with Crippen molar-refractivity contribution < 1.29 is 0 Å². The fraction of sp³-hybridized carbons (Fsp3) is 0.833. The van der Waals surface area contributed by atoms with Gasteiger partial charge in [0.15, 0.2) is 0 Å². The lowest BCUT2D eigenvalue weighted by Crippen LogP contribution is -2.35. The van der Waals surface area contributed by atoms with Crippen LogP contribution in [0, 0.1) is 5.92 Å². The first kappa shape index (κ1) is 11.6. The summed E-state index contributed by atoms with van der Waals surface area (Å²) in [6.07, 6.45) is 9.12. The predicted molar refractivity (Wildman–Crippen MR) is 61.7 cm³/mol.